The summed E-state index contributed by atoms with van der Waals surface area (Å²) in [6, 6.07) is 6.76. The maximum atomic E-state index is 13.3. The van der Waals surface area contributed by atoms with Gasteiger partial charge in [0.25, 0.3) is 5.91 Å². The summed E-state index contributed by atoms with van der Waals surface area (Å²) in [4.78, 5) is 43.0. The number of ketones is 2. The average molecular weight is 490 g/mol. The number of oxazole rings is 1. The van der Waals surface area contributed by atoms with Gasteiger partial charge in [0, 0.05) is 31.7 Å². The maximum Gasteiger partial charge on any atom is 0.287 e. The number of benzene rings is 1. The molecule has 2 unspecified atom stereocenters. The fourth-order valence-corrected chi connectivity index (χ4v) is 5.15. The van der Waals surface area contributed by atoms with Crippen molar-refractivity contribution in [2.75, 3.05) is 6.54 Å². The Labute approximate surface area is 199 Å². The number of carbonyl (C=O) groups is 3. The topological polar surface area (TPSA) is 135 Å². The van der Waals surface area contributed by atoms with Crippen LogP contribution in [-0.4, -0.2) is 43.5 Å². The fourth-order valence-electron chi connectivity index (χ4n) is 3.90. The lowest BCUT2D eigenvalue weighted by molar-refractivity contribution is -0.141. The van der Waals surface area contributed by atoms with Gasteiger partial charge in [0.05, 0.1) is 16.6 Å². The van der Waals surface area contributed by atoms with Gasteiger partial charge in [0.2, 0.25) is 15.8 Å². The highest BCUT2D eigenvalue weighted by Crippen LogP contribution is 2.20. The Morgan fingerprint density at radius 2 is 1.94 bits per heavy atom. The molecule has 9 nitrogen and oxygen atoms in total. The van der Waals surface area contributed by atoms with E-state index < -0.39 is 39.5 Å². The molecule has 10 heteroatoms. The van der Waals surface area contributed by atoms with Gasteiger partial charge in [-0.3, -0.25) is 14.4 Å². The van der Waals surface area contributed by atoms with Crippen molar-refractivity contribution in [1.82, 2.24) is 15.0 Å². The molecule has 2 N–H and O–H groups in total. The molecule has 1 aliphatic rings. The van der Waals surface area contributed by atoms with Gasteiger partial charge in [0.15, 0.2) is 11.7 Å². The minimum absolute atomic E-state index is 0.0147. The van der Waals surface area contributed by atoms with Crippen LogP contribution >= 0.6 is 0 Å². The quantitative estimate of drug-likeness (QED) is 0.543. The molecule has 2 heterocycles. The number of aromatic nitrogens is 1. The van der Waals surface area contributed by atoms with Crippen LogP contribution in [-0.2, 0) is 37.2 Å². The van der Waals surface area contributed by atoms with E-state index in [1.807, 2.05) is 13.8 Å². The summed E-state index contributed by atoms with van der Waals surface area (Å²) in [6.45, 7) is 4.09. The van der Waals surface area contributed by atoms with Crippen molar-refractivity contribution in [3.05, 3.63) is 48.2 Å². The van der Waals surface area contributed by atoms with Gasteiger partial charge >= 0.3 is 0 Å². The molecule has 34 heavy (non-hydrogen) atoms. The minimum atomic E-state index is -3.94. The average Bonchev–Trinajstić information content (AvgIpc) is 3.24. The molecule has 1 amide bonds. The molecule has 184 valence electrons. The number of aryl methyl sites for hydroxylation is 1. The molecule has 3 rings (SSSR count). The molecule has 2 atom stereocenters. The number of rotatable bonds is 8. The van der Waals surface area contributed by atoms with Crippen LogP contribution < -0.4 is 10.0 Å². The molecule has 0 saturated heterocycles. The molecule has 1 aromatic heterocycles. The second-order valence-corrected chi connectivity index (χ2v) is 10.7. The molecule has 0 saturated carbocycles. The molecule has 0 aliphatic carbocycles. The van der Waals surface area contributed by atoms with Gasteiger partial charge in [-0.15, -0.1) is 0 Å². The molecule has 2 bridgehead atoms. The monoisotopic (exact) mass is 489 g/mol. The highest BCUT2D eigenvalue weighted by molar-refractivity contribution is 7.89. The Kier molecular flexibility index (Phi) is 8.73. The number of Topliss-reactive ketones (excluding diaryl/α,β-unsaturated/α-hetero) is 2. The summed E-state index contributed by atoms with van der Waals surface area (Å²) in [7, 11) is -3.94. The molecule has 2 aromatic rings. The normalized spacial score (nSPS) is 18.6. The Balaban J connectivity index is 1.82. The van der Waals surface area contributed by atoms with Gasteiger partial charge < -0.3 is 9.73 Å². The summed E-state index contributed by atoms with van der Waals surface area (Å²) < 4.78 is 33.7. The zero-order chi connectivity index (χ0) is 24.7. The first-order valence-electron chi connectivity index (χ1n) is 11.5. The second-order valence-electron chi connectivity index (χ2n) is 9.00. The Bertz CT molecular complexity index is 1110. The first-order valence-corrected chi connectivity index (χ1v) is 13.0. The zero-order valence-electron chi connectivity index (χ0n) is 19.5. The summed E-state index contributed by atoms with van der Waals surface area (Å²) >= 11 is 0. The van der Waals surface area contributed by atoms with E-state index in [1.165, 1.54) is 18.4 Å². The first kappa shape index (κ1) is 25.8. The lowest BCUT2D eigenvalue weighted by atomic mass is 9.88. The number of hydrogen-bond donors (Lipinski definition) is 2. The van der Waals surface area contributed by atoms with Gasteiger partial charge in [0.1, 0.15) is 6.26 Å². The third-order valence-electron chi connectivity index (χ3n) is 5.65. The van der Waals surface area contributed by atoms with Crippen molar-refractivity contribution in [2.45, 2.75) is 63.3 Å². The van der Waals surface area contributed by atoms with E-state index in [0.29, 0.717) is 31.0 Å². The predicted molar refractivity (Wildman–Crippen MR) is 124 cm³/mol. The van der Waals surface area contributed by atoms with E-state index >= 15 is 0 Å². The Hall–Kier alpha value is -2.85. The third kappa shape index (κ3) is 7.07. The third-order valence-corrected chi connectivity index (χ3v) is 7.13. The fraction of sp³-hybridized carbons (Fsp3) is 0.500. The van der Waals surface area contributed by atoms with E-state index in [1.54, 1.807) is 18.2 Å². The molecule has 1 aliphatic heterocycles. The van der Waals surface area contributed by atoms with Gasteiger partial charge in [-0.25, -0.2) is 18.1 Å². The smallest absolute Gasteiger partial charge is 0.287 e. The number of nitrogens with zero attached hydrogens (tertiary/aromatic N) is 1. The van der Waals surface area contributed by atoms with Crippen LogP contribution in [0.5, 0.6) is 0 Å². The molecular weight excluding hydrogens is 458 g/mol. The molecule has 0 fully saturated rings. The number of hydrogen-bond acceptors (Lipinski definition) is 7. The van der Waals surface area contributed by atoms with Crippen molar-refractivity contribution in [3.8, 4) is 0 Å². The number of amides is 1. The summed E-state index contributed by atoms with van der Waals surface area (Å²) in [6.07, 6.45) is 3.51. The van der Waals surface area contributed by atoms with Crippen molar-refractivity contribution >= 4 is 27.5 Å². The van der Waals surface area contributed by atoms with Crippen LogP contribution in [0.2, 0.25) is 0 Å². The van der Waals surface area contributed by atoms with E-state index in [-0.39, 0.29) is 30.1 Å². The lowest BCUT2D eigenvalue weighted by Crippen LogP contribution is -2.44. The van der Waals surface area contributed by atoms with Gasteiger partial charge in [-0.05, 0) is 37.3 Å². The maximum absolute atomic E-state index is 13.3. The second kappa shape index (κ2) is 11.5. The first-order chi connectivity index (χ1) is 16.2. The van der Waals surface area contributed by atoms with Crippen LogP contribution in [0.1, 0.15) is 51.1 Å². The van der Waals surface area contributed by atoms with Gasteiger partial charge in [-0.1, -0.05) is 32.0 Å². The number of carbonyl (C=O) groups excluding carboxylic acids is 3. The largest absolute Gasteiger partial charge is 0.449 e. The van der Waals surface area contributed by atoms with Crippen LogP contribution in [0.25, 0.3) is 0 Å². The molecule has 0 spiro atoms. The summed E-state index contributed by atoms with van der Waals surface area (Å²) in [5, 5.41) is 2.61. The molecular formula is C24H31N3O6S. The van der Waals surface area contributed by atoms with Crippen molar-refractivity contribution in [1.29, 1.82) is 0 Å². The minimum Gasteiger partial charge on any atom is -0.449 e. The lowest BCUT2D eigenvalue weighted by Gasteiger charge is -2.22. The van der Waals surface area contributed by atoms with E-state index in [9.17, 15) is 22.8 Å². The van der Waals surface area contributed by atoms with Crippen molar-refractivity contribution in [2.24, 2.45) is 11.8 Å². The van der Waals surface area contributed by atoms with Crippen LogP contribution in [0.15, 0.2) is 45.9 Å². The predicted octanol–water partition coefficient (Wildman–Crippen LogP) is 2.21. The van der Waals surface area contributed by atoms with E-state index in [2.05, 4.69) is 15.0 Å². The van der Waals surface area contributed by atoms with Crippen LogP contribution in [0, 0.1) is 11.8 Å². The van der Waals surface area contributed by atoms with Crippen LogP contribution in [0.3, 0.4) is 0 Å². The Morgan fingerprint density at radius 1 is 1.21 bits per heavy atom. The number of fused-ring (bicyclic) bond motifs is 2. The van der Waals surface area contributed by atoms with E-state index in [4.69, 9.17) is 4.42 Å². The Morgan fingerprint density at radius 3 is 2.65 bits per heavy atom. The summed E-state index contributed by atoms with van der Waals surface area (Å²) in [5.41, 5.74) is 0.486. The molecule has 1 aromatic carbocycles. The number of sulfonamides is 1. The van der Waals surface area contributed by atoms with Crippen LogP contribution in [0.4, 0.5) is 0 Å². The van der Waals surface area contributed by atoms with E-state index in [0.717, 1.165) is 6.42 Å². The standard InChI is InChI=1S/C24H31N3O6S/c1-16(2)12-20(27-34(31,32)19-8-4-3-5-9-19)21(28)14-17-13-18-15-33-22(26-18)10-6-7-11-25-24(30)23(17)29/h3-5,8-9,15-17,20,27H,6-7,10-14H2,1-2H3,(H,25,30). The van der Waals surface area contributed by atoms with Gasteiger partial charge in [-0.2, -0.15) is 0 Å². The van der Waals surface area contributed by atoms with Crippen molar-refractivity contribution < 1.29 is 27.2 Å². The zero-order valence-corrected chi connectivity index (χ0v) is 20.3. The SMILES string of the molecule is CC(C)CC(NS(=O)(=O)c1ccccc1)C(=O)CC1Cc2coc(n2)CCCCNC(=O)C1=O. The summed E-state index contributed by atoms with van der Waals surface area (Å²) in [5.74, 6) is -2.32. The molecule has 0 radical (unpaired) electrons. The highest BCUT2D eigenvalue weighted by Gasteiger charge is 2.33. The van der Waals surface area contributed by atoms with Crippen molar-refractivity contribution in [3.63, 3.8) is 0 Å². The highest BCUT2D eigenvalue weighted by atomic mass is 32.2. The number of nitrogens with one attached hydrogen (secondary N) is 2.